The van der Waals surface area contributed by atoms with Gasteiger partial charge in [-0.2, -0.15) is 0 Å². The molecule has 0 spiro atoms. The Kier molecular flexibility index (Phi) is 6.96. The quantitative estimate of drug-likeness (QED) is 0.299. The highest BCUT2D eigenvalue weighted by Crippen LogP contribution is 2.40. The summed E-state index contributed by atoms with van der Waals surface area (Å²) in [5, 5.41) is 0. The first-order valence-electron chi connectivity index (χ1n) is 9.99. The van der Waals surface area contributed by atoms with E-state index in [1.807, 2.05) is 6.08 Å². The van der Waals surface area contributed by atoms with Crippen LogP contribution in [0.2, 0.25) is 0 Å². The van der Waals surface area contributed by atoms with Crippen molar-refractivity contribution in [1.82, 2.24) is 0 Å². The molecule has 2 aliphatic carbocycles. The smallest absolute Gasteiger partial charge is 0.227 e. The molecule has 1 aromatic rings. The van der Waals surface area contributed by atoms with Crippen LogP contribution in [0.1, 0.15) is 38.2 Å². The van der Waals surface area contributed by atoms with Gasteiger partial charge in [-0.15, -0.1) is 6.58 Å². The molecule has 0 aromatic heterocycles. The van der Waals surface area contributed by atoms with Gasteiger partial charge in [-0.1, -0.05) is 24.3 Å². The third-order valence-corrected chi connectivity index (χ3v) is 5.70. The summed E-state index contributed by atoms with van der Waals surface area (Å²) in [6.07, 6.45) is 5.95. The zero-order valence-electron chi connectivity index (χ0n) is 16.5. The summed E-state index contributed by atoms with van der Waals surface area (Å²) in [4.78, 5) is 0. The van der Waals surface area contributed by atoms with Crippen molar-refractivity contribution < 1.29 is 27.0 Å². The molecule has 3 rings (SSSR count). The fraction of sp³-hybridized carbons (Fsp3) is 0.478. The lowest BCUT2D eigenvalue weighted by atomic mass is 9.82. The summed E-state index contributed by atoms with van der Waals surface area (Å²) in [6.45, 7) is 5.81. The van der Waals surface area contributed by atoms with E-state index in [1.54, 1.807) is 6.92 Å². The third kappa shape index (κ3) is 4.48. The van der Waals surface area contributed by atoms with Crippen molar-refractivity contribution in [3.8, 4) is 0 Å². The Morgan fingerprint density at radius 3 is 2.52 bits per heavy atom. The molecule has 2 unspecified atom stereocenters. The van der Waals surface area contributed by atoms with E-state index in [9.17, 15) is 13.2 Å². The second kappa shape index (κ2) is 9.26. The van der Waals surface area contributed by atoms with E-state index >= 15 is 4.39 Å². The summed E-state index contributed by atoms with van der Waals surface area (Å²) in [5.74, 6) is -4.79. The molecule has 1 saturated carbocycles. The Morgan fingerprint density at radius 2 is 1.86 bits per heavy atom. The summed E-state index contributed by atoms with van der Waals surface area (Å²) >= 11 is 0. The van der Waals surface area contributed by atoms with Crippen LogP contribution in [0.3, 0.4) is 0 Å². The number of hydrogen-bond acceptors (Lipinski definition) is 2. The van der Waals surface area contributed by atoms with Crippen LogP contribution in [0.5, 0.6) is 0 Å². The van der Waals surface area contributed by atoms with Crippen LogP contribution in [-0.2, 0) is 9.47 Å². The standard InChI is InChI=1S/C23H26F4O2/c1-3-15-8-10-16(11-9-15)14-29-23(28-4-2)13-12-18(21(26)22(23)27)17-6-5-7-19(24)20(17)25/h3,5-7,12-13,15-16,22H,1,4,8-11,14H2,2H3. The number of allylic oxidation sites excluding steroid dienone is 3. The fourth-order valence-electron chi connectivity index (χ4n) is 3.96. The van der Waals surface area contributed by atoms with E-state index in [4.69, 9.17) is 9.47 Å². The molecule has 6 heteroatoms. The van der Waals surface area contributed by atoms with E-state index in [0.29, 0.717) is 5.92 Å². The average molecular weight is 410 g/mol. The van der Waals surface area contributed by atoms with Crippen LogP contribution >= 0.6 is 0 Å². The number of benzene rings is 1. The Balaban J connectivity index is 1.79. The van der Waals surface area contributed by atoms with Crippen LogP contribution in [0.25, 0.3) is 5.57 Å². The predicted octanol–water partition coefficient (Wildman–Crippen LogP) is 6.30. The van der Waals surface area contributed by atoms with E-state index in [2.05, 4.69) is 6.58 Å². The van der Waals surface area contributed by atoms with Gasteiger partial charge in [0.15, 0.2) is 11.6 Å². The van der Waals surface area contributed by atoms with Crippen molar-refractivity contribution in [1.29, 1.82) is 0 Å². The minimum atomic E-state index is -2.28. The molecule has 0 heterocycles. The predicted molar refractivity (Wildman–Crippen MR) is 104 cm³/mol. The molecule has 2 atom stereocenters. The molecule has 0 bridgehead atoms. The maximum Gasteiger partial charge on any atom is 0.227 e. The second-order valence-electron chi connectivity index (χ2n) is 7.54. The number of ether oxygens (including phenoxy) is 2. The molecule has 29 heavy (non-hydrogen) atoms. The maximum atomic E-state index is 15.2. The highest BCUT2D eigenvalue weighted by Gasteiger charge is 2.46. The maximum absolute atomic E-state index is 15.2. The minimum Gasteiger partial charge on any atom is -0.344 e. The van der Waals surface area contributed by atoms with Gasteiger partial charge in [-0.3, -0.25) is 0 Å². The van der Waals surface area contributed by atoms with Gasteiger partial charge in [0.1, 0.15) is 5.83 Å². The number of hydrogen-bond donors (Lipinski definition) is 0. The lowest BCUT2D eigenvalue weighted by Gasteiger charge is -2.37. The molecule has 0 aliphatic heterocycles. The third-order valence-electron chi connectivity index (χ3n) is 5.70. The summed E-state index contributed by atoms with van der Waals surface area (Å²) in [5.41, 5.74) is -0.686. The van der Waals surface area contributed by atoms with Crippen LogP contribution in [0.4, 0.5) is 17.6 Å². The molecule has 0 saturated heterocycles. The molecule has 1 aromatic carbocycles. The summed E-state index contributed by atoms with van der Waals surface area (Å²) in [7, 11) is 0. The van der Waals surface area contributed by atoms with Crippen molar-refractivity contribution in [2.45, 2.75) is 44.6 Å². The lowest BCUT2D eigenvalue weighted by Crippen LogP contribution is -2.46. The zero-order valence-corrected chi connectivity index (χ0v) is 16.5. The molecule has 2 aliphatic rings. The number of rotatable bonds is 7. The number of alkyl halides is 1. The summed E-state index contributed by atoms with van der Waals surface area (Å²) in [6, 6.07) is 3.37. The van der Waals surface area contributed by atoms with Crippen LogP contribution < -0.4 is 0 Å². The van der Waals surface area contributed by atoms with E-state index in [1.165, 1.54) is 24.3 Å². The number of halogens is 4. The minimum absolute atomic E-state index is 0.102. The Bertz CT molecular complexity index is 796. The van der Waals surface area contributed by atoms with Crippen molar-refractivity contribution in [2.24, 2.45) is 11.8 Å². The van der Waals surface area contributed by atoms with Gasteiger partial charge in [-0.05, 0) is 56.6 Å². The molecular formula is C23H26F4O2. The van der Waals surface area contributed by atoms with Crippen molar-refractivity contribution in [3.05, 3.63) is 66.0 Å². The monoisotopic (exact) mass is 410 g/mol. The first kappa shape index (κ1) is 21.8. The Morgan fingerprint density at radius 1 is 1.14 bits per heavy atom. The van der Waals surface area contributed by atoms with Gasteiger partial charge in [0.05, 0.1) is 6.61 Å². The van der Waals surface area contributed by atoms with Crippen LogP contribution in [0.15, 0.2) is 48.8 Å². The Hall–Kier alpha value is -1.92. The van der Waals surface area contributed by atoms with Gasteiger partial charge in [0, 0.05) is 17.7 Å². The highest BCUT2D eigenvalue weighted by molar-refractivity contribution is 5.78. The topological polar surface area (TPSA) is 18.5 Å². The van der Waals surface area contributed by atoms with E-state index in [0.717, 1.165) is 31.7 Å². The SMILES string of the molecule is C=CC1CCC(COC2(OCC)C=CC(c3cccc(F)c3F)=C(F)C2F)CC1. The van der Waals surface area contributed by atoms with Crippen molar-refractivity contribution in [3.63, 3.8) is 0 Å². The van der Waals surface area contributed by atoms with Gasteiger partial charge < -0.3 is 9.47 Å². The molecule has 2 nitrogen and oxygen atoms in total. The molecule has 0 N–H and O–H groups in total. The molecule has 0 radical (unpaired) electrons. The highest BCUT2D eigenvalue weighted by atomic mass is 19.2. The van der Waals surface area contributed by atoms with E-state index in [-0.39, 0.29) is 30.3 Å². The van der Waals surface area contributed by atoms with Gasteiger partial charge in [0.25, 0.3) is 0 Å². The van der Waals surface area contributed by atoms with E-state index < -0.39 is 29.4 Å². The van der Waals surface area contributed by atoms with Crippen LogP contribution in [-0.4, -0.2) is 25.2 Å². The molecule has 158 valence electrons. The Labute approximate surface area is 168 Å². The average Bonchev–Trinajstić information content (AvgIpc) is 2.73. The van der Waals surface area contributed by atoms with Gasteiger partial charge in [-0.25, -0.2) is 17.6 Å². The summed E-state index contributed by atoms with van der Waals surface area (Å²) < 4.78 is 68.9. The zero-order chi connectivity index (χ0) is 21.0. The largest absolute Gasteiger partial charge is 0.344 e. The second-order valence-corrected chi connectivity index (χ2v) is 7.54. The van der Waals surface area contributed by atoms with Gasteiger partial charge in [0.2, 0.25) is 12.0 Å². The molecule has 0 amide bonds. The van der Waals surface area contributed by atoms with Crippen molar-refractivity contribution >= 4 is 5.57 Å². The molecular weight excluding hydrogens is 384 g/mol. The lowest BCUT2D eigenvalue weighted by molar-refractivity contribution is -0.237. The normalized spacial score (nSPS) is 29.9. The first-order valence-corrected chi connectivity index (χ1v) is 9.99. The molecule has 1 fully saturated rings. The van der Waals surface area contributed by atoms with Crippen LogP contribution in [0, 0.1) is 23.5 Å². The van der Waals surface area contributed by atoms with Crippen molar-refractivity contribution in [2.75, 3.05) is 13.2 Å². The fourth-order valence-corrected chi connectivity index (χ4v) is 3.96. The first-order chi connectivity index (χ1) is 13.9. The van der Waals surface area contributed by atoms with Gasteiger partial charge >= 0.3 is 0 Å².